The number of hydrogen-bond donors (Lipinski definition) is 1. The lowest BCUT2D eigenvalue weighted by Crippen LogP contribution is -2.10. The molecule has 0 fully saturated rings. The zero-order valence-corrected chi connectivity index (χ0v) is 20.4. The van der Waals surface area contributed by atoms with E-state index in [2.05, 4.69) is 74.6 Å². The predicted octanol–water partition coefficient (Wildman–Crippen LogP) is 6.48. The number of nitrogens with zero attached hydrogens (tertiary/aromatic N) is 1. The number of hydrogen-bond acceptors (Lipinski definition) is 3. The molecule has 1 N–H and O–H groups in total. The van der Waals surface area contributed by atoms with Crippen molar-refractivity contribution in [2.45, 2.75) is 65.8 Å². The Balaban J connectivity index is 0.000000238. The molecule has 3 aromatic rings. The maximum absolute atomic E-state index is 5.61. The molecule has 2 aromatic carbocycles. The van der Waals surface area contributed by atoms with Gasteiger partial charge in [-0.3, -0.25) is 4.98 Å². The Morgan fingerprint density at radius 2 is 1.50 bits per heavy atom. The van der Waals surface area contributed by atoms with E-state index in [0.29, 0.717) is 0 Å². The summed E-state index contributed by atoms with van der Waals surface area (Å²) < 4.78 is 5.61. The Bertz CT molecular complexity index is 978. The Labute approximate surface area is 194 Å². The summed E-state index contributed by atoms with van der Waals surface area (Å²) in [4.78, 5) is 4.87. The molecule has 0 atom stereocenters. The molecule has 3 nitrogen and oxygen atoms in total. The Kier molecular flexibility index (Phi) is 8.87. The topological polar surface area (TPSA) is 34.1 Å². The number of rotatable bonds is 6. The quantitative estimate of drug-likeness (QED) is 0.486. The summed E-state index contributed by atoms with van der Waals surface area (Å²) in [6.07, 6.45) is 7.38. The lowest BCUT2D eigenvalue weighted by molar-refractivity contribution is 0.407. The van der Waals surface area contributed by atoms with E-state index in [1.54, 1.807) is 18.2 Å². The Hall–Kier alpha value is -2.65. The summed E-state index contributed by atoms with van der Waals surface area (Å²) in [5.41, 5.74) is 10.3. The molecule has 32 heavy (non-hydrogen) atoms. The van der Waals surface area contributed by atoms with Crippen LogP contribution in [0.25, 0.3) is 11.3 Å². The van der Waals surface area contributed by atoms with Gasteiger partial charge in [0.25, 0.3) is 0 Å². The standard InChI is InChI=1S/C19H26N2O.C10H12/c1-6-14-9-8-10-15(7-2)19(14)17-11-18(22-5)16(12-20-4)13(3)21-17;1-2-6-10-8-4-3-7-9(10)5-1/h8-11,20H,6-7,12H2,1-5H3;1-2,5-6H,3-4,7-8H2. The molecule has 1 aliphatic carbocycles. The zero-order valence-electron chi connectivity index (χ0n) is 20.4. The predicted molar refractivity (Wildman–Crippen MR) is 136 cm³/mol. The smallest absolute Gasteiger partial charge is 0.127 e. The van der Waals surface area contributed by atoms with Gasteiger partial charge in [0.1, 0.15) is 5.75 Å². The van der Waals surface area contributed by atoms with Crippen LogP contribution in [0.1, 0.15) is 60.2 Å². The van der Waals surface area contributed by atoms with Gasteiger partial charge in [-0.15, -0.1) is 0 Å². The van der Waals surface area contributed by atoms with Crippen LogP contribution in [0.4, 0.5) is 0 Å². The van der Waals surface area contributed by atoms with Crippen LogP contribution in [-0.2, 0) is 32.2 Å². The van der Waals surface area contributed by atoms with Crippen molar-refractivity contribution in [2.24, 2.45) is 0 Å². The van der Waals surface area contributed by atoms with Crippen LogP contribution in [0.5, 0.6) is 5.75 Å². The lowest BCUT2D eigenvalue weighted by atomic mass is 9.92. The van der Waals surface area contributed by atoms with Gasteiger partial charge in [0.05, 0.1) is 12.8 Å². The largest absolute Gasteiger partial charge is 0.496 e. The monoisotopic (exact) mass is 430 g/mol. The molecule has 1 aliphatic rings. The normalized spacial score (nSPS) is 12.5. The highest BCUT2D eigenvalue weighted by atomic mass is 16.5. The van der Waals surface area contributed by atoms with Crippen molar-refractivity contribution in [3.63, 3.8) is 0 Å². The Morgan fingerprint density at radius 3 is 2.00 bits per heavy atom. The van der Waals surface area contributed by atoms with Crippen LogP contribution < -0.4 is 10.1 Å². The van der Waals surface area contributed by atoms with Gasteiger partial charge in [-0.05, 0) is 74.8 Å². The zero-order chi connectivity index (χ0) is 22.9. The molecule has 0 aliphatic heterocycles. The summed E-state index contributed by atoms with van der Waals surface area (Å²) in [6.45, 7) is 7.20. The van der Waals surface area contributed by atoms with Gasteiger partial charge in [-0.2, -0.15) is 0 Å². The van der Waals surface area contributed by atoms with Gasteiger partial charge in [0, 0.05) is 29.4 Å². The van der Waals surface area contributed by atoms with Gasteiger partial charge in [0.2, 0.25) is 0 Å². The van der Waals surface area contributed by atoms with Crippen molar-refractivity contribution in [3.8, 4) is 17.0 Å². The average molecular weight is 431 g/mol. The lowest BCUT2D eigenvalue weighted by Gasteiger charge is -2.17. The number of nitrogens with one attached hydrogen (secondary N) is 1. The molecule has 170 valence electrons. The second kappa shape index (κ2) is 11.8. The van der Waals surface area contributed by atoms with Crippen LogP contribution in [0, 0.1) is 6.92 Å². The van der Waals surface area contributed by atoms with Gasteiger partial charge >= 0.3 is 0 Å². The third-order valence-corrected chi connectivity index (χ3v) is 6.38. The fourth-order valence-electron chi connectivity index (χ4n) is 4.62. The molecule has 4 rings (SSSR count). The number of ether oxygens (including phenoxy) is 1. The first-order valence-electron chi connectivity index (χ1n) is 12.0. The van der Waals surface area contributed by atoms with Gasteiger partial charge < -0.3 is 10.1 Å². The maximum atomic E-state index is 5.61. The molecule has 0 saturated carbocycles. The first-order chi connectivity index (χ1) is 15.6. The number of pyridine rings is 1. The fourth-order valence-corrected chi connectivity index (χ4v) is 4.62. The second-order valence-corrected chi connectivity index (χ2v) is 8.44. The summed E-state index contributed by atoms with van der Waals surface area (Å²) in [5.74, 6) is 0.907. The van der Waals surface area contributed by atoms with Crippen molar-refractivity contribution in [3.05, 3.63) is 82.0 Å². The van der Waals surface area contributed by atoms with Crippen molar-refractivity contribution in [1.29, 1.82) is 0 Å². The van der Waals surface area contributed by atoms with Crippen molar-refractivity contribution < 1.29 is 4.74 Å². The van der Waals surface area contributed by atoms with Crippen molar-refractivity contribution in [1.82, 2.24) is 10.3 Å². The molecule has 1 heterocycles. The molecule has 0 amide bonds. The molecule has 0 spiro atoms. The number of aromatic nitrogens is 1. The molecule has 0 radical (unpaired) electrons. The van der Waals surface area contributed by atoms with Crippen LogP contribution in [0.3, 0.4) is 0 Å². The summed E-state index contributed by atoms with van der Waals surface area (Å²) >= 11 is 0. The summed E-state index contributed by atoms with van der Waals surface area (Å²) in [5, 5.41) is 3.18. The second-order valence-electron chi connectivity index (χ2n) is 8.44. The van der Waals surface area contributed by atoms with E-state index < -0.39 is 0 Å². The highest BCUT2D eigenvalue weighted by Gasteiger charge is 2.15. The van der Waals surface area contributed by atoms with Crippen molar-refractivity contribution >= 4 is 0 Å². The number of fused-ring (bicyclic) bond motifs is 1. The fraction of sp³-hybridized carbons (Fsp3) is 0.414. The van der Waals surface area contributed by atoms with Crippen LogP contribution >= 0.6 is 0 Å². The van der Waals surface area contributed by atoms with Crippen molar-refractivity contribution in [2.75, 3.05) is 14.2 Å². The van der Waals surface area contributed by atoms with Gasteiger partial charge in [-0.1, -0.05) is 56.3 Å². The highest BCUT2D eigenvalue weighted by molar-refractivity contribution is 5.70. The first kappa shape index (κ1) is 24.0. The van der Waals surface area contributed by atoms with E-state index in [-0.39, 0.29) is 0 Å². The molecule has 0 bridgehead atoms. The van der Waals surface area contributed by atoms with E-state index >= 15 is 0 Å². The van der Waals surface area contributed by atoms with Crippen LogP contribution in [0.2, 0.25) is 0 Å². The minimum Gasteiger partial charge on any atom is -0.496 e. The molecule has 1 aromatic heterocycles. The Morgan fingerprint density at radius 1 is 0.906 bits per heavy atom. The van der Waals surface area contributed by atoms with Crippen LogP contribution in [-0.4, -0.2) is 19.1 Å². The molecular formula is C29H38N2O. The van der Waals surface area contributed by atoms with E-state index in [1.165, 1.54) is 42.4 Å². The number of aryl methyl sites for hydroxylation is 5. The number of methoxy groups -OCH3 is 1. The number of benzene rings is 2. The van der Waals surface area contributed by atoms with Gasteiger partial charge in [0.15, 0.2) is 0 Å². The first-order valence-corrected chi connectivity index (χ1v) is 12.0. The van der Waals surface area contributed by atoms with E-state index in [1.807, 2.05) is 7.05 Å². The average Bonchev–Trinajstić information content (AvgIpc) is 2.85. The third-order valence-electron chi connectivity index (χ3n) is 6.38. The third kappa shape index (κ3) is 5.58. The summed E-state index contributed by atoms with van der Waals surface area (Å²) in [7, 11) is 3.67. The molecule has 3 heteroatoms. The molecule has 0 saturated heterocycles. The van der Waals surface area contributed by atoms with E-state index in [9.17, 15) is 0 Å². The minimum absolute atomic E-state index is 0.762. The van der Waals surface area contributed by atoms with Crippen LogP contribution in [0.15, 0.2) is 48.5 Å². The molecule has 0 unspecified atom stereocenters. The van der Waals surface area contributed by atoms with Gasteiger partial charge in [-0.25, -0.2) is 0 Å². The summed E-state index contributed by atoms with van der Waals surface area (Å²) in [6, 6.07) is 17.4. The maximum Gasteiger partial charge on any atom is 0.127 e. The minimum atomic E-state index is 0.762. The van der Waals surface area contributed by atoms with E-state index in [0.717, 1.165) is 42.1 Å². The molecular weight excluding hydrogens is 392 g/mol. The highest BCUT2D eigenvalue weighted by Crippen LogP contribution is 2.32. The SMILES string of the molecule is CCc1cccc(CC)c1-c1cc(OC)c(CNC)c(C)n1.c1ccc2c(c1)CCCC2. The van der Waals surface area contributed by atoms with E-state index in [4.69, 9.17) is 9.72 Å².